The van der Waals surface area contributed by atoms with Crippen LogP contribution < -0.4 is 16.2 Å². The summed E-state index contributed by atoms with van der Waals surface area (Å²) in [5.74, 6) is 0. The molecule has 4 heteroatoms. The van der Waals surface area contributed by atoms with Crippen LogP contribution in [0, 0.1) is 18.2 Å². The predicted molar refractivity (Wildman–Crippen MR) is 63.2 cm³/mol. The van der Waals surface area contributed by atoms with E-state index in [1.165, 1.54) is 12.3 Å². The van der Waals surface area contributed by atoms with Crippen molar-refractivity contribution in [3.05, 3.63) is 47.3 Å². The quantitative estimate of drug-likeness (QED) is 0.426. The van der Waals surface area contributed by atoms with Crippen molar-refractivity contribution in [2.45, 2.75) is 6.92 Å². The molecule has 81 valence electrons. The van der Waals surface area contributed by atoms with Crippen LogP contribution in [0.3, 0.4) is 0 Å². The molecule has 0 bridgehead atoms. The van der Waals surface area contributed by atoms with Crippen LogP contribution in [0.15, 0.2) is 30.5 Å². The van der Waals surface area contributed by atoms with Gasteiger partial charge in [-0.1, -0.05) is 0 Å². The molecular weight excluding hydrogens is 202 g/mol. The fourth-order valence-corrected chi connectivity index (χ4v) is 1.67. The van der Waals surface area contributed by atoms with E-state index >= 15 is 0 Å². The number of pyridine rings is 1. The fourth-order valence-electron chi connectivity index (χ4n) is 1.67. The van der Waals surface area contributed by atoms with Crippen molar-refractivity contribution in [3.63, 3.8) is 0 Å². The normalized spacial score (nSPS) is 10.3. The molecule has 1 aromatic heterocycles. The zero-order chi connectivity index (χ0) is 11.7. The lowest BCUT2D eigenvalue weighted by Crippen LogP contribution is -2.29. The minimum Gasteiger partial charge on any atom is -0.618 e. The van der Waals surface area contributed by atoms with Gasteiger partial charge in [0, 0.05) is 17.8 Å². The zero-order valence-corrected chi connectivity index (χ0v) is 8.90. The van der Waals surface area contributed by atoms with Crippen molar-refractivity contribution in [2.24, 2.45) is 0 Å². The first kappa shape index (κ1) is 10.3. The number of hydrogen-bond acceptors (Lipinski definition) is 3. The number of aromatic nitrogens is 1. The smallest absolute Gasteiger partial charge is 0.247 e. The van der Waals surface area contributed by atoms with Crippen molar-refractivity contribution in [3.8, 4) is 11.3 Å². The average Bonchev–Trinajstić information content (AvgIpc) is 2.20. The lowest BCUT2D eigenvalue weighted by Gasteiger charge is -2.09. The highest BCUT2D eigenvalue weighted by Gasteiger charge is 2.15. The number of benzene rings is 1. The Kier molecular flexibility index (Phi) is 2.40. The monoisotopic (exact) mass is 214 g/mol. The van der Waals surface area contributed by atoms with Crippen molar-refractivity contribution in [1.82, 2.24) is 0 Å². The van der Waals surface area contributed by atoms with E-state index in [4.69, 9.17) is 11.5 Å². The molecule has 16 heavy (non-hydrogen) atoms. The Morgan fingerprint density at radius 3 is 2.69 bits per heavy atom. The SMILES string of the molecule is Cc1cc(N)ccc1-c1c(N)[c]cc[n+]1[O-]. The van der Waals surface area contributed by atoms with Gasteiger partial charge in [-0.25, -0.2) is 0 Å². The summed E-state index contributed by atoms with van der Waals surface area (Å²) < 4.78 is 0.740. The van der Waals surface area contributed by atoms with Crippen LogP contribution >= 0.6 is 0 Å². The molecule has 1 aromatic carbocycles. The van der Waals surface area contributed by atoms with Crippen molar-refractivity contribution in [1.29, 1.82) is 0 Å². The number of hydrogen-bond donors (Lipinski definition) is 2. The summed E-state index contributed by atoms with van der Waals surface area (Å²) >= 11 is 0. The van der Waals surface area contributed by atoms with E-state index in [9.17, 15) is 5.21 Å². The number of rotatable bonds is 1. The predicted octanol–water partition coefficient (Wildman–Crippen LogP) is 1.26. The van der Waals surface area contributed by atoms with E-state index < -0.39 is 0 Å². The van der Waals surface area contributed by atoms with Crippen LogP contribution in [0.1, 0.15) is 5.56 Å². The minimum absolute atomic E-state index is 0.338. The van der Waals surface area contributed by atoms with Crippen molar-refractivity contribution < 1.29 is 4.73 Å². The number of nitrogen functional groups attached to an aromatic ring is 2. The van der Waals surface area contributed by atoms with Crippen LogP contribution in [0.4, 0.5) is 11.4 Å². The Hall–Kier alpha value is -2.23. The highest BCUT2D eigenvalue weighted by molar-refractivity contribution is 5.73. The third kappa shape index (κ3) is 1.65. The van der Waals surface area contributed by atoms with Gasteiger partial charge in [-0.2, -0.15) is 4.73 Å². The summed E-state index contributed by atoms with van der Waals surface area (Å²) in [5.41, 5.74) is 14.5. The number of nitrogens with two attached hydrogens (primary N) is 2. The van der Waals surface area contributed by atoms with E-state index in [1.54, 1.807) is 12.1 Å². The van der Waals surface area contributed by atoms with Crippen LogP contribution in [-0.2, 0) is 0 Å². The van der Waals surface area contributed by atoms with E-state index in [0.29, 0.717) is 17.1 Å². The highest BCUT2D eigenvalue weighted by Crippen LogP contribution is 2.26. The average molecular weight is 214 g/mol. The highest BCUT2D eigenvalue weighted by atomic mass is 16.5. The first-order chi connectivity index (χ1) is 7.59. The summed E-state index contributed by atoms with van der Waals surface area (Å²) in [6, 6.07) is 9.65. The first-order valence-corrected chi connectivity index (χ1v) is 4.85. The zero-order valence-electron chi connectivity index (χ0n) is 8.90. The standard InChI is InChI=1S/C12H12N3O/c1-8-7-9(13)4-5-10(8)12-11(14)3-2-6-15(12)16/h2,4-7H,13-14H2,1H3. The molecule has 0 saturated carbocycles. The molecule has 0 unspecified atom stereocenters. The van der Waals surface area contributed by atoms with Gasteiger partial charge in [0.2, 0.25) is 5.69 Å². The molecule has 0 atom stereocenters. The van der Waals surface area contributed by atoms with Gasteiger partial charge in [-0.3, -0.25) is 0 Å². The Morgan fingerprint density at radius 1 is 1.31 bits per heavy atom. The summed E-state index contributed by atoms with van der Waals surface area (Å²) in [6.45, 7) is 1.89. The van der Waals surface area contributed by atoms with Crippen LogP contribution in [-0.4, -0.2) is 0 Å². The molecule has 0 amide bonds. The second-order valence-electron chi connectivity index (χ2n) is 3.62. The van der Waals surface area contributed by atoms with Gasteiger partial charge in [0.1, 0.15) is 5.69 Å². The summed E-state index contributed by atoms with van der Waals surface area (Å²) in [7, 11) is 0. The van der Waals surface area contributed by atoms with E-state index in [1.807, 2.05) is 13.0 Å². The molecule has 0 aliphatic heterocycles. The van der Waals surface area contributed by atoms with E-state index in [2.05, 4.69) is 6.07 Å². The van der Waals surface area contributed by atoms with Crippen LogP contribution in [0.5, 0.6) is 0 Å². The van der Waals surface area contributed by atoms with Gasteiger partial charge in [-0.05, 0) is 30.7 Å². The maximum Gasteiger partial charge on any atom is 0.247 e. The third-order valence-electron chi connectivity index (χ3n) is 2.43. The Balaban J connectivity index is 2.68. The summed E-state index contributed by atoms with van der Waals surface area (Å²) in [5, 5.41) is 11.7. The molecule has 4 N–H and O–H groups in total. The van der Waals surface area contributed by atoms with Gasteiger partial charge in [0.15, 0.2) is 6.20 Å². The van der Waals surface area contributed by atoms with Gasteiger partial charge in [-0.15, -0.1) is 0 Å². The molecule has 2 rings (SSSR count). The van der Waals surface area contributed by atoms with Crippen molar-refractivity contribution >= 4 is 11.4 Å². The van der Waals surface area contributed by atoms with E-state index in [0.717, 1.165) is 15.9 Å². The maximum absolute atomic E-state index is 11.7. The third-order valence-corrected chi connectivity index (χ3v) is 2.43. The Labute approximate surface area is 93.7 Å². The Bertz CT molecular complexity index is 518. The molecule has 0 aliphatic rings. The fraction of sp³-hybridized carbons (Fsp3) is 0.0833. The molecule has 4 nitrogen and oxygen atoms in total. The Morgan fingerprint density at radius 2 is 2.06 bits per heavy atom. The van der Waals surface area contributed by atoms with E-state index in [-0.39, 0.29) is 0 Å². The number of nitrogens with zero attached hydrogens (tertiary/aromatic N) is 1. The second-order valence-corrected chi connectivity index (χ2v) is 3.62. The lowest BCUT2D eigenvalue weighted by atomic mass is 10.0. The number of anilines is 2. The first-order valence-electron chi connectivity index (χ1n) is 4.85. The molecule has 1 radical (unpaired) electrons. The van der Waals surface area contributed by atoms with Crippen LogP contribution in [0.2, 0.25) is 0 Å². The van der Waals surface area contributed by atoms with Crippen LogP contribution in [0.25, 0.3) is 11.3 Å². The summed E-state index contributed by atoms with van der Waals surface area (Å²) in [6.07, 6.45) is 1.38. The minimum atomic E-state index is 0.338. The second kappa shape index (κ2) is 3.73. The molecule has 2 aromatic rings. The lowest BCUT2D eigenvalue weighted by molar-refractivity contribution is -0.593. The van der Waals surface area contributed by atoms with Gasteiger partial charge in [0.25, 0.3) is 0 Å². The maximum atomic E-state index is 11.7. The molecule has 0 saturated heterocycles. The summed E-state index contributed by atoms with van der Waals surface area (Å²) in [4.78, 5) is 0. The van der Waals surface area contributed by atoms with Gasteiger partial charge in [0.05, 0.1) is 5.56 Å². The topological polar surface area (TPSA) is 79.0 Å². The molecule has 0 aliphatic carbocycles. The molecule has 0 spiro atoms. The molecule has 1 heterocycles. The number of aryl methyl sites for hydroxylation is 1. The van der Waals surface area contributed by atoms with Gasteiger partial charge >= 0.3 is 0 Å². The largest absolute Gasteiger partial charge is 0.618 e. The van der Waals surface area contributed by atoms with Crippen molar-refractivity contribution in [2.75, 3.05) is 11.5 Å². The van der Waals surface area contributed by atoms with Gasteiger partial charge < -0.3 is 16.7 Å². The molecular formula is C12H12N3O. The molecule has 0 fully saturated rings.